The van der Waals surface area contributed by atoms with Gasteiger partial charge in [-0.25, -0.2) is 0 Å². The number of benzene rings is 1. The fourth-order valence-corrected chi connectivity index (χ4v) is 1.59. The molecule has 1 aromatic heterocycles. The highest BCUT2D eigenvalue weighted by Gasteiger charge is 2.08. The molecule has 13 heavy (non-hydrogen) atoms. The molecule has 0 aliphatic heterocycles. The molecule has 0 saturated carbocycles. The molecule has 0 radical (unpaired) electrons. The monoisotopic (exact) mass is 176 g/mol. The van der Waals surface area contributed by atoms with E-state index in [1.165, 1.54) is 0 Å². The van der Waals surface area contributed by atoms with Crippen LogP contribution in [0, 0.1) is 0 Å². The fourth-order valence-electron chi connectivity index (χ4n) is 1.59. The van der Waals surface area contributed by atoms with Gasteiger partial charge in [-0.2, -0.15) is 0 Å². The number of rotatable bonds is 2. The van der Waals surface area contributed by atoms with Crippen molar-refractivity contribution in [3.8, 4) is 5.75 Å². The standard InChI is InChI=1S/C11H12O2/c1-2-4-8-7-13-10-6-3-5-9(12)11(8)10/h3,5-7,12H,2,4H2,1H3. The first-order valence-electron chi connectivity index (χ1n) is 4.51. The van der Waals surface area contributed by atoms with Gasteiger partial charge in [-0.05, 0) is 18.6 Å². The van der Waals surface area contributed by atoms with Crippen LogP contribution in [0.15, 0.2) is 28.9 Å². The Kier molecular flexibility index (Phi) is 1.97. The first-order valence-corrected chi connectivity index (χ1v) is 4.51. The normalized spacial score (nSPS) is 10.8. The lowest BCUT2D eigenvalue weighted by Crippen LogP contribution is -1.79. The molecular weight excluding hydrogens is 164 g/mol. The van der Waals surface area contributed by atoms with Crippen LogP contribution in [0.1, 0.15) is 18.9 Å². The Balaban J connectivity index is 2.64. The Morgan fingerprint density at radius 3 is 3.00 bits per heavy atom. The van der Waals surface area contributed by atoms with Crippen LogP contribution in [-0.4, -0.2) is 5.11 Å². The summed E-state index contributed by atoms with van der Waals surface area (Å²) in [5.74, 6) is 0.315. The largest absolute Gasteiger partial charge is 0.507 e. The topological polar surface area (TPSA) is 33.4 Å². The van der Waals surface area contributed by atoms with Gasteiger partial charge < -0.3 is 9.52 Å². The molecule has 0 fully saturated rings. The number of furan rings is 1. The fraction of sp³-hybridized carbons (Fsp3) is 0.273. The second kappa shape index (κ2) is 3.13. The number of hydrogen-bond donors (Lipinski definition) is 1. The zero-order valence-corrected chi connectivity index (χ0v) is 7.58. The van der Waals surface area contributed by atoms with E-state index in [1.807, 2.05) is 6.07 Å². The highest BCUT2D eigenvalue weighted by molar-refractivity contribution is 5.87. The second-order valence-electron chi connectivity index (χ2n) is 3.16. The maximum Gasteiger partial charge on any atom is 0.137 e. The van der Waals surface area contributed by atoms with Gasteiger partial charge >= 0.3 is 0 Å². The Morgan fingerprint density at radius 2 is 2.23 bits per heavy atom. The lowest BCUT2D eigenvalue weighted by molar-refractivity contribution is 0.481. The van der Waals surface area contributed by atoms with Gasteiger partial charge in [0.2, 0.25) is 0 Å². The van der Waals surface area contributed by atoms with E-state index in [1.54, 1.807) is 18.4 Å². The van der Waals surface area contributed by atoms with Crippen molar-refractivity contribution < 1.29 is 9.52 Å². The summed E-state index contributed by atoms with van der Waals surface area (Å²) < 4.78 is 5.32. The minimum Gasteiger partial charge on any atom is -0.507 e. The third-order valence-electron chi connectivity index (χ3n) is 2.17. The van der Waals surface area contributed by atoms with Crippen LogP contribution in [-0.2, 0) is 6.42 Å². The minimum atomic E-state index is 0.315. The van der Waals surface area contributed by atoms with Crippen LogP contribution in [0.25, 0.3) is 11.0 Å². The molecule has 2 aromatic rings. The summed E-state index contributed by atoms with van der Waals surface area (Å²) in [5.41, 5.74) is 1.86. The molecule has 0 atom stereocenters. The third-order valence-corrected chi connectivity index (χ3v) is 2.17. The Labute approximate surface area is 76.8 Å². The highest BCUT2D eigenvalue weighted by Crippen LogP contribution is 2.29. The smallest absolute Gasteiger partial charge is 0.137 e. The molecule has 1 aromatic carbocycles. The van der Waals surface area contributed by atoms with Gasteiger partial charge in [0.1, 0.15) is 11.3 Å². The van der Waals surface area contributed by atoms with E-state index in [-0.39, 0.29) is 0 Å². The van der Waals surface area contributed by atoms with E-state index < -0.39 is 0 Å². The van der Waals surface area contributed by atoms with E-state index in [2.05, 4.69) is 6.92 Å². The maximum absolute atomic E-state index is 9.61. The van der Waals surface area contributed by atoms with Crippen LogP contribution in [0.2, 0.25) is 0 Å². The number of hydrogen-bond acceptors (Lipinski definition) is 2. The SMILES string of the molecule is CCCc1coc2cccc(O)c12. The summed E-state index contributed by atoms with van der Waals surface area (Å²) >= 11 is 0. The molecule has 2 rings (SSSR count). The van der Waals surface area contributed by atoms with Crippen LogP contribution >= 0.6 is 0 Å². The van der Waals surface area contributed by atoms with Crippen LogP contribution < -0.4 is 0 Å². The third kappa shape index (κ3) is 1.28. The van der Waals surface area contributed by atoms with E-state index in [9.17, 15) is 5.11 Å². The van der Waals surface area contributed by atoms with Gasteiger partial charge in [0.15, 0.2) is 0 Å². The van der Waals surface area contributed by atoms with Crippen molar-refractivity contribution in [3.63, 3.8) is 0 Å². The first-order chi connectivity index (χ1) is 6.33. The van der Waals surface area contributed by atoms with Crippen LogP contribution in [0.3, 0.4) is 0 Å². The predicted octanol–water partition coefficient (Wildman–Crippen LogP) is 3.09. The molecule has 0 spiro atoms. The van der Waals surface area contributed by atoms with Crippen molar-refractivity contribution in [1.29, 1.82) is 0 Å². The number of phenols is 1. The highest BCUT2D eigenvalue weighted by atomic mass is 16.3. The summed E-state index contributed by atoms with van der Waals surface area (Å²) in [4.78, 5) is 0. The number of phenolic OH excluding ortho intramolecular Hbond substituents is 1. The molecule has 68 valence electrons. The van der Waals surface area contributed by atoms with Gasteiger partial charge in [0.05, 0.1) is 11.6 Å². The lowest BCUT2D eigenvalue weighted by Gasteiger charge is -1.96. The molecule has 0 unspecified atom stereocenters. The average Bonchev–Trinajstić information content (AvgIpc) is 2.51. The summed E-state index contributed by atoms with van der Waals surface area (Å²) in [6, 6.07) is 5.35. The van der Waals surface area contributed by atoms with Crippen LogP contribution in [0.5, 0.6) is 5.75 Å². The molecule has 0 amide bonds. The maximum atomic E-state index is 9.61. The van der Waals surface area contributed by atoms with Gasteiger partial charge in [0, 0.05) is 5.56 Å². The molecule has 2 nitrogen and oxygen atoms in total. The summed E-state index contributed by atoms with van der Waals surface area (Å²) in [5, 5.41) is 10.5. The zero-order valence-electron chi connectivity index (χ0n) is 7.58. The Morgan fingerprint density at radius 1 is 1.38 bits per heavy atom. The van der Waals surface area contributed by atoms with Gasteiger partial charge in [-0.1, -0.05) is 19.4 Å². The number of fused-ring (bicyclic) bond motifs is 1. The van der Waals surface area contributed by atoms with E-state index >= 15 is 0 Å². The molecule has 0 bridgehead atoms. The van der Waals surface area contributed by atoms with E-state index in [4.69, 9.17) is 4.42 Å². The minimum absolute atomic E-state index is 0.315. The quantitative estimate of drug-likeness (QED) is 0.762. The molecule has 0 aliphatic rings. The van der Waals surface area contributed by atoms with Crippen molar-refractivity contribution in [2.24, 2.45) is 0 Å². The molecule has 1 N–H and O–H groups in total. The Hall–Kier alpha value is -1.44. The molecule has 0 aliphatic carbocycles. The summed E-state index contributed by atoms with van der Waals surface area (Å²) in [7, 11) is 0. The summed E-state index contributed by atoms with van der Waals surface area (Å²) in [6.07, 6.45) is 3.74. The molecule has 2 heteroatoms. The van der Waals surface area contributed by atoms with E-state index in [0.717, 1.165) is 29.4 Å². The van der Waals surface area contributed by atoms with Crippen molar-refractivity contribution in [2.75, 3.05) is 0 Å². The average molecular weight is 176 g/mol. The van der Waals surface area contributed by atoms with E-state index in [0.29, 0.717) is 5.75 Å². The zero-order chi connectivity index (χ0) is 9.26. The Bertz CT molecular complexity index is 415. The van der Waals surface area contributed by atoms with Gasteiger partial charge in [0.25, 0.3) is 0 Å². The molecule has 0 saturated heterocycles. The molecular formula is C11H12O2. The summed E-state index contributed by atoms with van der Waals surface area (Å²) in [6.45, 7) is 2.11. The van der Waals surface area contributed by atoms with Crippen molar-refractivity contribution in [2.45, 2.75) is 19.8 Å². The van der Waals surface area contributed by atoms with Crippen molar-refractivity contribution in [3.05, 3.63) is 30.0 Å². The van der Waals surface area contributed by atoms with Crippen LogP contribution in [0.4, 0.5) is 0 Å². The van der Waals surface area contributed by atoms with Gasteiger partial charge in [-0.15, -0.1) is 0 Å². The number of aryl methyl sites for hydroxylation is 1. The van der Waals surface area contributed by atoms with Crippen molar-refractivity contribution in [1.82, 2.24) is 0 Å². The predicted molar refractivity (Wildman–Crippen MR) is 51.9 cm³/mol. The lowest BCUT2D eigenvalue weighted by atomic mass is 10.1. The molecule has 1 heterocycles. The van der Waals surface area contributed by atoms with Crippen molar-refractivity contribution >= 4 is 11.0 Å². The first kappa shape index (κ1) is 8.17. The second-order valence-corrected chi connectivity index (χ2v) is 3.16. The number of aromatic hydroxyl groups is 1. The van der Waals surface area contributed by atoms with Gasteiger partial charge in [-0.3, -0.25) is 0 Å².